The number of nitrogens with one attached hydrogen (secondary N) is 1. The maximum atomic E-state index is 13.8. The van der Waals surface area contributed by atoms with Crippen molar-refractivity contribution in [3.8, 4) is 5.75 Å². The smallest absolute Gasteiger partial charge is 0.129 e. The first kappa shape index (κ1) is 15.8. The van der Waals surface area contributed by atoms with Crippen LogP contribution in [0.2, 0.25) is 5.02 Å². The second-order valence-electron chi connectivity index (χ2n) is 4.85. The van der Waals surface area contributed by atoms with E-state index in [0.717, 1.165) is 25.1 Å². The minimum atomic E-state index is -0.247. The van der Waals surface area contributed by atoms with E-state index in [2.05, 4.69) is 12.2 Å². The molecular weight excluding hydrogens is 289 g/mol. The molecule has 0 aliphatic carbocycles. The van der Waals surface area contributed by atoms with Crippen LogP contribution in [0.5, 0.6) is 5.75 Å². The quantitative estimate of drug-likeness (QED) is 0.757. The van der Waals surface area contributed by atoms with Crippen LogP contribution in [-0.4, -0.2) is 6.54 Å². The Morgan fingerprint density at radius 3 is 2.62 bits per heavy atom. The van der Waals surface area contributed by atoms with Crippen LogP contribution >= 0.6 is 11.6 Å². The first-order chi connectivity index (χ1) is 10.2. The molecule has 0 aliphatic rings. The first-order valence-corrected chi connectivity index (χ1v) is 7.43. The van der Waals surface area contributed by atoms with E-state index in [0.29, 0.717) is 16.3 Å². The van der Waals surface area contributed by atoms with Crippen molar-refractivity contribution in [3.63, 3.8) is 0 Å². The Kier molecular flexibility index (Phi) is 6.03. The fraction of sp³-hybridized carbons (Fsp3) is 0.294. The minimum Gasteiger partial charge on any atom is -0.489 e. The maximum Gasteiger partial charge on any atom is 0.129 e. The van der Waals surface area contributed by atoms with Gasteiger partial charge in [-0.05, 0) is 54.9 Å². The lowest BCUT2D eigenvalue weighted by atomic mass is 10.1. The number of halogens is 2. The van der Waals surface area contributed by atoms with E-state index in [4.69, 9.17) is 16.3 Å². The Balaban J connectivity index is 1.98. The predicted molar refractivity (Wildman–Crippen MR) is 84.2 cm³/mol. The number of hydrogen-bond acceptors (Lipinski definition) is 2. The largest absolute Gasteiger partial charge is 0.489 e. The van der Waals surface area contributed by atoms with Gasteiger partial charge in [0.15, 0.2) is 0 Å². The summed E-state index contributed by atoms with van der Waals surface area (Å²) >= 11 is 5.81. The summed E-state index contributed by atoms with van der Waals surface area (Å²) in [4.78, 5) is 0. The lowest BCUT2D eigenvalue weighted by Gasteiger charge is -2.10. The molecule has 4 heteroatoms. The highest BCUT2D eigenvalue weighted by atomic mass is 35.5. The standard InChI is InChI=1S/C17H19ClFNO/c1-2-9-20-11-13-3-8-17(19)14(10-13)12-21-16-6-4-15(18)5-7-16/h3-8,10,20H,2,9,11-12H2,1H3. The molecule has 0 unspecified atom stereocenters. The summed E-state index contributed by atoms with van der Waals surface area (Å²) in [5.74, 6) is 0.427. The van der Waals surface area contributed by atoms with Crippen LogP contribution in [0, 0.1) is 5.82 Å². The van der Waals surface area contributed by atoms with Crippen molar-refractivity contribution >= 4 is 11.6 Å². The van der Waals surface area contributed by atoms with Crippen LogP contribution in [0.4, 0.5) is 4.39 Å². The van der Waals surface area contributed by atoms with Gasteiger partial charge in [0.05, 0.1) is 0 Å². The molecule has 0 atom stereocenters. The van der Waals surface area contributed by atoms with Gasteiger partial charge in [-0.15, -0.1) is 0 Å². The summed E-state index contributed by atoms with van der Waals surface area (Å²) in [6.07, 6.45) is 1.08. The molecule has 0 radical (unpaired) electrons. The summed E-state index contributed by atoms with van der Waals surface area (Å²) in [6, 6.07) is 12.2. The first-order valence-electron chi connectivity index (χ1n) is 7.05. The Morgan fingerprint density at radius 1 is 1.14 bits per heavy atom. The van der Waals surface area contributed by atoms with E-state index in [1.807, 2.05) is 6.07 Å². The Hall–Kier alpha value is -1.58. The molecule has 21 heavy (non-hydrogen) atoms. The van der Waals surface area contributed by atoms with Crippen molar-refractivity contribution < 1.29 is 9.13 Å². The van der Waals surface area contributed by atoms with Gasteiger partial charge in [0.2, 0.25) is 0 Å². The topological polar surface area (TPSA) is 21.3 Å². The zero-order valence-corrected chi connectivity index (χ0v) is 12.8. The molecule has 2 rings (SSSR count). The normalized spacial score (nSPS) is 10.6. The monoisotopic (exact) mass is 307 g/mol. The highest BCUT2D eigenvalue weighted by Gasteiger charge is 2.05. The molecule has 2 aromatic carbocycles. The van der Waals surface area contributed by atoms with Crippen molar-refractivity contribution in [2.24, 2.45) is 0 Å². The van der Waals surface area contributed by atoms with Gasteiger partial charge in [0, 0.05) is 17.1 Å². The molecular formula is C17H19ClFNO. The van der Waals surface area contributed by atoms with E-state index in [9.17, 15) is 4.39 Å². The predicted octanol–water partition coefficient (Wildman–Crippen LogP) is 4.56. The van der Waals surface area contributed by atoms with Gasteiger partial charge >= 0.3 is 0 Å². The average molecular weight is 308 g/mol. The Bertz CT molecular complexity index is 572. The van der Waals surface area contributed by atoms with Gasteiger partial charge in [-0.25, -0.2) is 4.39 Å². The van der Waals surface area contributed by atoms with E-state index >= 15 is 0 Å². The van der Waals surface area contributed by atoms with Gasteiger partial charge in [-0.1, -0.05) is 24.6 Å². The lowest BCUT2D eigenvalue weighted by Crippen LogP contribution is -2.14. The molecule has 1 N–H and O–H groups in total. The van der Waals surface area contributed by atoms with Crippen molar-refractivity contribution in [1.29, 1.82) is 0 Å². The summed E-state index contributed by atoms with van der Waals surface area (Å²) in [7, 11) is 0. The molecule has 0 saturated heterocycles. The number of rotatable bonds is 7. The fourth-order valence-electron chi connectivity index (χ4n) is 1.95. The lowest BCUT2D eigenvalue weighted by molar-refractivity contribution is 0.299. The minimum absolute atomic E-state index is 0.203. The zero-order chi connectivity index (χ0) is 15.1. The molecule has 2 aromatic rings. The van der Waals surface area contributed by atoms with Gasteiger partial charge in [-0.3, -0.25) is 0 Å². The maximum absolute atomic E-state index is 13.8. The molecule has 112 valence electrons. The molecule has 0 saturated carbocycles. The van der Waals surface area contributed by atoms with E-state index < -0.39 is 0 Å². The molecule has 0 bridgehead atoms. The van der Waals surface area contributed by atoms with Gasteiger partial charge < -0.3 is 10.1 Å². The third-order valence-electron chi connectivity index (χ3n) is 3.07. The third kappa shape index (κ3) is 5.03. The Morgan fingerprint density at radius 2 is 1.90 bits per heavy atom. The molecule has 0 fully saturated rings. The molecule has 0 aromatic heterocycles. The summed E-state index contributed by atoms with van der Waals surface area (Å²) < 4.78 is 19.4. The number of ether oxygens (including phenoxy) is 1. The van der Waals surface area contributed by atoms with Crippen molar-refractivity contribution in [2.45, 2.75) is 26.5 Å². The Labute approximate surface area is 129 Å². The van der Waals surface area contributed by atoms with Crippen LogP contribution < -0.4 is 10.1 Å². The average Bonchev–Trinajstić information content (AvgIpc) is 2.49. The van der Waals surface area contributed by atoms with Crippen LogP contribution in [0.25, 0.3) is 0 Å². The highest BCUT2D eigenvalue weighted by molar-refractivity contribution is 6.30. The fourth-order valence-corrected chi connectivity index (χ4v) is 2.08. The van der Waals surface area contributed by atoms with Gasteiger partial charge in [0.25, 0.3) is 0 Å². The summed E-state index contributed by atoms with van der Waals surface area (Å²) in [5.41, 5.74) is 1.61. The van der Waals surface area contributed by atoms with Crippen LogP contribution in [0.15, 0.2) is 42.5 Å². The number of benzene rings is 2. The molecule has 0 heterocycles. The molecule has 0 aliphatic heterocycles. The van der Waals surface area contributed by atoms with Crippen LogP contribution in [0.1, 0.15) is 24.5 Å². The zero-order valence-electron chi connectivity index (χ0n) is 12.0. The van der Waals surface area contributed by atoms with Gasteiger partial charge in [0.1, 0.15) is 18.2 Å². The molecule has 2 nitrogen and oxygen atoms in total. The van der Waals surface area contributed by atoms with E-state index in [1.54, 1.807) is 30.3 Å². The van der Waals surface area contributed by atoms with Gasteiger partial charge in [-0.2, -0.15) is 0 Å². The molecule has 0 spiro atoms. The van der Waals surface area contributed by atoms with E-state index in [1.165, 1.54) is 6.07 Å². The number of hydrogen-bond donors (Lipinski definition) is 1. The van der Waals surface area contributed by atoms with Crippen molar-refractivity contribution in [1.82, 2.24) is 5.32 Å². The van der Waals surface area contributed by atoms with Crippen LogP contribution in [-0.2, 0) is 13.2 Å². The third-order valence-corrected chi connectivity index (χ3v) is 3.33. The molecule has 0 amide bonds. The second kappa shape index (κ2) is 8.01. The van der Waals surface area contributed by atoms with Crippen molar-refractivity contribution in [3.05, 3.63) is 64.4 Å². The van der Waals surface area contributed by atoms with Crippen LogP contribution in [0.3, 0.4) is 0 Å². The van der Waals surface area contributed by atoms with E-state index in [-0.39, 0.29) is 12.4 Å². The van der Waals surface area contributed by atoms with Crippen molar-refractivity contribution in [2.75, 3.05) is 6.54 Å². The SMILES string of the molecule is CCCNCc1ccc(F)c(COc2ccc(Cl)cc2)c1. The second-order valence-corrected chi connectivity index (χ2v) is 5.28. The summed E-state index contributed by atoms with van der Waals surface area (Å²) in [5, 5.41) is 3.95. The summed E-state index contributed by atoms with van der Waals surface area (Å²) in [6.45, 7) is 4.01. The highest BCUT2D eigenvalue weighted by Crippen LogP contribution is 2.18.